The number of benzene rings is 3. The van der Waals surface area contributed by atoms with E-state index in [0.29, 0.717) is 12.2 Å². The minimum atomic E-state index is -1.12. The molecule has 200 valence electrons. The highest BCUT2D eigenvalue weighted by molar-refractivity contribution is 6.04. The molecule has 3 amide bonds. The fraction of sp³-hybridized carbons (Fsp3) is 0.387. The van der Waals surface area contributed by atoms with Crippen LogP contribution in [0, 0.1) is 0 Å². The van der Waals surface area contributed by atoms with Gasteiger partial charge in [0.1, 0.15) is 17.4 Å². The van der Waals surface area contributed by atoms with E-state index in [4.69, 9.17) is 9.47 Å². The number of hydrogen-bond donors (Lipinski definition) is 1. The standard InChI is InChI=1S/C31H36N2O5/c1-30(2,3)38-28(35)31(4,5)37-25-17-14-21(15-18-25)9-8-12-26-27(34)33(29(36)32-26)20-22-13-16-23-10-6-7-11-24(23)19-22/h6-7,10-11,13-19,26H,8-9,12,20H2,1-5H3,(H,32,36). The lowest BCUT2D eigenvalue weighted by Gasteiger charge is -2.29. The van der Waals surface area contributed by atoms with Crippen LogP contribution in [0.25, 0.3) is 10.8 Å². The number of ether oxygens (including phenoxy) is 2. The van der Waals surface area contributed by atoms with E-state index in [1.54, 1.807) is 13.8 Å². The molecule has 1 heterocycles. The summed E-state index contributed by atoms with van der Waals surface area (Å²) >= 11 is 0. The molecule has 1 atom stereocenters. The smallest absolute Gasteiger partial charge is 0.350 e. The fourth-order valence-corrected chi connectivity index (χ4v) is 4.41. The third kappa shape index (κ3) is 6.71. The minimum absolute atomic E-state index is 0.184. The largest absolute Gasteiger partial charge is 0.476 e. The molecule has 7 nitrogen and oxygen atoms in total. The van der Waals surface area contributed by atoms with Crippen LogP contribution in [0.15, 0.2) is 66.7 Å². The summed E-state index contributed by atoms with van der Waals surface area (Å²) in [4.78, 5) is 39.2. The zero-order valence-corrected chi connectivity index (χ0v) is 22.7. The number of nitrogens with zero attached hydrogens (tertiary/aromatic N) is 1. The second-order valence-electron chi connectivity index (χ2n) is 11.3. The number of hydrogen-bond acceptors (Lipinski definition) is 5. The number of aryl methyl sites for hydroxylation is 1. The Morgan fingerprint density at radius 2 is 1.55 bits per heavy atom. The van der Waals surface area contributed by atoms with Gasteiger partial charge in [-0.3, -0.25) is 9.69 Å². The fourth-order valence-electron chi connectivity index (χ4n) is 4.41. The first-order valence-electron chi connectivity index (χ1n) is 13.0. The van der Waals surface area contributed by atoms with Gasteiger partial charge in [-0.2, -0.15) is 0 Å². The molecular formula is C31H36N2O5. The number of esters is 1. The molecule has 1 N–H and O–H groups in total. The molecule has 1 aliphatic rings. The summed E-state index contributed by atoms with van der Waals surface area (Å²) in [6.07, 6.45) is 2.05. The molecule has 0 aliphatic carbocycles. The van der Waals surface area contributed by atoms with Gasteiger partial charge >= 0.3 is 12.0 Å². The van der Waals surface area contributed by atoms with Crippen LogP contribution in [0.2, 0.25) is 0 Å². The topological polar surface area (TPSA) is 84.9 Å². The predicted molar refractivity (Wildman–Crippen MR) is 147 cm³/mol. The Hall–Kier alpha value is -3.87. The highest BCUT2D eigenvalue weighted by Crippen LogP contribution is 2.24. The number of nitrogens with one attached hydrogen (secondary N) is 1. The lowest BCUT2D eigenvalue weighted by atomic mass is 10.0. The van der Waals surface area contributed by atoms with Gasteiger partial charge in [0.05, 0.1) is 6.54 Å². The summed E-state index contributed by atoms with van der Waals surface area (Å²) in [6.45, 7) is 9.09. The predicted octanol–water partition coefficient (Wildman–Crippen LogP) is 5.78. The van der Waals surface area contributed by atoms with Crippen LogP contribution in [0.1, 0.15) is 58.6 Å². The summed E-state index contributed by atoms with van der Waals surface area (Å²) in [5.41, 5.74) is 0.297. The van der Waals surface area contributed by atoms with Crippen molar-refractivity contribution in [3.05, 3.63) is 77.9 Å². The van der Waals surface area contributed by atoms with Gasteiger partial charge in [0.15, 0.2) is 5.60 Å². The van der Waals surface area contributed by atoms with Crippen molar-refractivity contribution < 1.29 is 23.9 Å². The highest BCUT2D eigenvalue weighted by atomic mass is 16.6. The van der Waals surface area contributed by atoms with E-state index in [0.717, 1.165) is 34.7 Å². The molecule has 0 spiro atoms. The van der Waals surface area contributed by atoms with Crippen LogP contribution >= 0.6 is 0 Å². The lowest BCUT2D eigenvalue weighted by molar-refractivity contribution is -0.170. The molecule has 1 fully saturated rings. The molecule has 1 aliphatic heterocycles. The van der Waals surface area contributed by atoms with Gasteiger partial charge in [0.2, 0.25) is 0 Å². The van der Waals surface area contributed by atoms with Crippen molar-refractivity contribution in [3.63, 3.8) is 0 Å². The van der Waals surface area contributed by atoms with Crippen LogP contribution in [0.3, 0.4) is 0 Å². The third-order valence-corrected chi connectivity index (χ3v) is 6.41. The van der Waals surface area contributed by atoms with E-state index < -0.39 is 23.2 Å². The molecule has 38 heavy (non-hydrogen) atoms. The van der Waals surface area contributed by atoms with Crippen LogP contribution in [0.4, 0.5) is 4.79 Å². The molecule has 7 heteroatoms. The van der Waals surface area contributed by atoms with Crippen molar-refractivity contribution in [1.29, 1.82) is 0 Å². The van der Waals surface area contributed by atoms with Crippen molar-refractivity contribution in [2.24, 2.45) is 0 Å². The zero-order valence-electron chi connectivity index (χ0n) is 22.7. The van der Waals surface area contributed by atoms with Gasteiger partial charge in [0, 0.05) is 0 Å². The van der Waals surface area contributed by atoms with Crippen molar-refractivity contribution in [3.8, 4) is 5.75 Å². The normalized spacial score (nSPS) is 16.0. The van der Waals surface area contributed by atoms with Crippen LogP contribution in [0.5, 0.6) is 5.75 Å². The van der Waals surface area contributed by atoms with Gasteiger partial charge in [-0.05, 0) is 94.0 Å². The number of carbonyl (C=O) groups is 3. The van der Waals surface area contributed by atoms with Gasteiger partial charge in [-0.25, -0.2) is 9.59 Å². The van der Waals surface area contributed by atoms with Gasteiger partial charge in [-0.1, -0.05) is 48.5 Å². The monoisotopic (exact) mass is 516 g/mol. The zero-order chi connectivity index (χ0) is 27.5. The summed E-state index contributed by atoms with van der Waals surface area (Å²) in [5, 5.41) is 5.04. The van der Waals surface area contributed by atoms with Crippen molar-refractivity contribution in [2.75, 3.05) is 0 Å². The molecular weight excluding hydrogens is 480 g/mol. The second kappa shape index (κ2) is 10.9. The van der Waals surface area contributed by atoms with E-state index in [1.165, 1.54) is 4.90 Å². The molecule has 3 aromatic rings. The maximum Gasteiger partial charge on any atom is 0.350 e. The molecule has 1 unspecified atom stereocenters. The maximum absolute atomic E-state index is 12.9. The summed E-state index contributed by atoms with van der Waals surface area (Å²) in [5.74, 6) is -0.0320. The van der Waals surface area contributed by atoms with Crippen LogP contribution in [-0.4, -0.2) is 40.1 Å². The maximum atomic E-state index is 12.9. The van der Waals surface area contributed by atoms with Crippen molar-refractivity contribution in [2.45, 2.75) is 77.7 Å². The average Bonchev–Trinajstić information content (AvgIpc) is 3.11. The summed E-state index contributed by atoms with van der Waals surface area (Å²) in [7, 11) is 0. The number of rotatable bonds is 9. The van der Waals surface area contributed by atoms with E-state index >= 15 is 0 Å². The molecule has 3 aromatic carbocycles. The van der Waals surface area contributed by atoms with Gasteiger partial charge in [0.25, 0.3) is 5.91 Å². The first-order chi connectivity index (χ1) is 17.9. The number of urea groups is 1. The third-order valence-electron chi connectivity index (χ3n) is 6.41. The minimum Gasteiger partial charge on any atom is -0.476 e. The van der Waals surface area contributed by atoms with E-state index in [1.807, 2.05) is 87.5 Å². The Kier molecular flexibility index (Phi) is 7.76. The van der Waals surface area contributed by atoms with Crippen molar-refractivity contribution >= 4 is 28.7 Å². The first-order valence-corrected chi connectivity index (χ1v) is 13.0. The van der Waals surface area contributed by atoms with Crippen LogP contribution < -0.4 is 10.1 Å². The highest BCUT2D eigenvalue weighted by Gasteiger charge is 2.37. The van der Waals surface area contributed by atoms with E-state index in [9.17, 15) is 14.4 Å². The Balaban J connectivity index is 1.27. The Bertz CT molecular complexity index is 1320. The average molecular weight is 517 g/mol. The molecule has 4 rings (SSSR count). The number of carbonyl (C=O) groups excluding carboxylic acids is 3. The summed E-state index contributed by atoms with van der Waals surface area (Å²) in [6, 6.07) is 20.7. The molecule has 0 aromatic heterocycles. The summed E-state index contributed by atoms with van der Waals surface area (Å²) < 4.78 is 11.3. The van der Waals surface area contributed by atoms with E-state index in [-0.39, 0.29) is 18.5 Å². The first kappa shape index (κ1) is 27.2. The Labute approximate surface area is 224 Å². The number of imide groups is 1. The number of fused-ring (bicyclic) bond motifs is 1. The molecule has 0 bridgehead atoms. The Morgan fingerprint density at radius 1 is 0.895 bits per heavy atom. The van der Waals surface area contributed by atoms with E-state index in [2.05, 4.69) is 5.32 Å². The number of amides is 3. The van der Waals surface area contributed by atoms with Crippen LogP contribution in [-0.2, 0) is 27.3 Å². The Morgan fingerprint density at radius 3 is 2.24 bits per heavy atom. The SMILES string of the molecule is CC(C)(C)OC(=O)C(C)(C)Oc1ccc(CCCC2NC(=O)N(Cc3ccc4ccccc4c3)C2=O)cc1. The molecule has 1 saturated heterocycles. The quantitative estimate of drug-likeness (QED) is 0.288. The van der Waals surface area contributed by atoms with Gasteiger partial charge in [-0.15, -0.1) is 0 Å². The van der Waals surface area contributed by atoms with Crippen molar-refractivity contribution in [1.82, 2.24) is 10.2 Å². The lowest BCUT2D eigenvalue weighted by Crippen LogP contribution is -2.43. The second-order valence-corrected chi connectivity index (χ2v) is 11.3. The van der Waals surface area contributed by atoms with Gasteiger partial charge < -0.3 is 14.8 Å². The molecule has 0 radical (unpaired) electrons. The molecule has 0 saturated carbocycles.